The molecule has 2 amide bonds. The first kappa shape index (κ1) is 52.7. The summed E-state index contributed by atoms with van der Waals surface area (Å²) < 4.78 is 51.7. The minimum Gasteiger partial charge on any atom is -0.544 e. The molecule has 0 spiro atoms. The number of β-lactam (4-membered cyclic amide) rings is 2. The maximum absolute atomic E-state index is 13.4. The van der Waals surface area contributed by atoms with Gasteiger partial charge in [0.1, 0.15) is 53.5 Å². The Bertz CT molecular complexity index is 2720. The molecule has 0 bridgehead atoms. The molecule has 2 aromatic rings. The number of hydrogen-bond acceptors (Lipinski definition) is 27. The fraction of sp³-hybridized carbons (Fsp3) is 0.600. The number of aromatic nitrogens is 2. The van der Waals surface area contributed by atoms with Gasteiger partial charge in [0.15, 0.2) is 33.9 Å². The molecule has 2 aromatic heterocycles. The van der Waals surface area contributed by atoms with Crippen molar-refractivity contribution >= 4 is 116 Å². The van der Waals surface area contributed by atoms with Gasteiger partial charge in [0.25, 0.3) is 5.72 Å². The minimum absolute atomic E-state index is 0.0165. The number of anilines is 1. The third-order valence-corrected chi connectivity index (χ3v) is 17.6. The molecule has 0 aliphatic carbocycles. The molecule has 9 rings (SSSR count). The fourth-order valence-corrected chi connectivity index (χ4v) is 14.5. The number of rotatable bonds is 17. The molecule has 7 aliphatic heterocycles. The number of thiazole rings is 2. The van der Waals surface area contributed by atoms with Crippen molar-refractivity contribution < 1.29 is 95.4 Å². The highest BCUT2D eigenvalue weighted by atomic mass is 32.2. The van der Waals surface area contributed by atoms with Gasteiger partial charge in [0.2, 0.25) is 17.5 Å². The zero-order valence-electron chi connectivity index (χ0n) is 38.1. The van der Waals surface area contributed by atoms with Crippen molar-refractivity contribution in [3.8, 4) is 0 Å². The summed E-state index contributed by atoms with van der Waals surface area (Å²) in [5.41, 5.74) is 1.03. The number of carbonyl (C=O) groups excluding carboxylic acids is 8. The van der Waals surface area contributed by atoms with Crippen molar-refractivity contribution in [1.82, 2.24) is 19.8 Å². The molecule has 0 aromatic carbocycles. The summed E-state index contributed by atoms with van der Waals surface area (Å²) in [5, 5.41) is 39.5. The molecule has 9 heterocycles. The van der Waals surface area contributed by atoms with E-state index < -0.39 is 152 Å². The number of aryl methyl sites for hydroxylation is 1. The van der Waals surface area contributed by atoms with Gasteiger partial charge >= 0.3 is 26.0 Å². The van der Waals surface area contributed by atoms with E-state index in [1.54, 1.807) is 26.2 Å². The van der Waals surface area contributed by atoms with Crippen molar-refractivity contribution in [2.45, 2.75) is 86.6 Å². The predicted octanol–water partition coefficient (Wildman–Crippen LogP) is -3.97. The minimum atomic E-state index is -2.35. The summed E-state index contributed by atoms with van der Waals surface area (Å²) in [5.74, 6) is -12.6. The number of nitrogen functional groups attached to an aromatic ring is 1. The van der Waals surface area contributed by atoms with E-state index in [1.807, 2.05) is 0 Å². The molecule has 7 aliphatic rings. The SMILES string of the molecule is Nc1nc(/C(=N/OC[C@@H](O)CO)C(=O)C[C@@H]2C(=O)N3[C@@H]2[S@@](=O)C[C@@H]2CC(=O)O[C@@]23C(=O)[O-])cs1.[B]OC(=O)[C@]12OC(=O)C[C@H]1C[S@](=O)[C@@H]1[C@H](CC(=O)/C(=N\OC[C@@H]3COC(C)(C)O3)c3csc(C)n3)C(=O)N12. The first-order chi connectivity index (χ1) is 34.1. The van der Waals surface area contributed by atoms with Crippen LogP contribution in [-0.2, 0) is 93.2 Å². The molecule has 72 heavy (non-hydrogen) atoms. The third kappa shape index (κ3) is 9.45. The maximum atomic E-state index is 13.4. The van der Waals surface area contributed by atoms with E-state index in [0.29, 0.717) is 11.6 Å². The first-order valence-electron chi connectivity index (χ1n) is 21.7. The highest BCUT2D eigenvalue weighted by Crippen LogP contribution is 2.52. The number of ketones is 2. The number of amides is 2. The van der Waals surface area contributed by atoms with Crippen LogP contribution in [0, 0.1) is 30.6 Å². The number of carboxylic acid groups (broad SMARTS) is 1. The molecule has 27 nitrogen and oxygen atoms in total. The number of aliphatic hydroxyl groups is 2. The highest BCUT2D eigenvalue weighted by Gasteiger charge is 2.73. The Balaban J connectivity index is 0.000000194. The van der Waals surface area contributed by atoms with Crippen molar-refractivity contribution in [3.05, 3.63) is 27.2 Å². The van der Waals surface area contributed by atoms with E-state index in [9.17, 15) is 57.0 Å². The lowest BCUT2D eigenvalue weighted by Gasteiger charge is -2.58. The van der Waals surface area contributed by atoms with Crippen LogP contribution in [0.15, 0.2) is 21.1 Å². The topological polar surface area (TPSA) is 382 Å². The number of aliphatic carboxylic acids is 1. The fourth-order valence-electron chi connectivity index (χ4n) is 9.35. The molecule has 32 heteroatoms. The van der Waals surface area contributed by atoms with Crippen LogP contribution < -0.4 is 10.8 Å². The molecular formula is C40H43BN7O20S4-. The van der Waals surface area contributed by atoms with Crippen molar-refractivity contribution in [2.24, 2.45) is 34.0 Å². The Morgan fingerprint density at radius 2 is 1.43 bits per heavy atom. The van der Waals surface area contributed by atoms with Crippen LogP contribution in [0.25, 0.3) is 0 Å². The van der Waals surface area contributed by atoms with Crippen LogP contribution in [0.5, 0.6) is 0 Å². The zero-order chi connectivity index (χ0) is 52.2. The van der Waals surface area contributed by atoms with E-state index in [2.05, 4.69) is 24.9 Å². The number of fused-ring (bicyclic) bond motifs is 6. The monoisotopic (exact) mass is 1080 g/mol. The van der Waals surface area contributed by atoms with Gasteiger partial charge in [0, 0.05) is 62.6 Å². The lowest BCUT2D eigenvalue weighted by Crippen LogP contribution is -2.80. The molecule has 0 unspecified atom stereocenters. The van der Waals surface area contributed by atoms with E-state index in [0.717, 1.165) is 21.1 Å². The maximum Gasteiger partial charge on any atom is 0.378 e. The summed E-state index contributed by atoms with van der Waals surface area (Å²) in [7, 11) is 1.64. The van der Waals surface area contributed by atoms with E-state index in [-0.39, 0.29) is 65.3 Å². The molecule has 0 saturated carbocycles. The molecule has 2 radical (unpaired) electrons. The molecule has 12 atom stereocenters. The number of esters is 2. The van der Waals surface area contributed by atoms with Gasteiger partial charge in [-0.05, 0) is 20.8 Å². The number of aliphatic hydroxyl groups excluding tert-OH is 2. The number of Topliss-reactive ketones (excluding diaryl/α,β-unsaturated/α-hetero) is 2. The van der Waals surface area contributed by atoms with Crippen molar-refractivity contribution in [2.75, 3.05) is 43.7 Å². The Labute approximate surface area is 421 Å². The summed E-state index contributed by atoms with van der Waals surface area (Å²) in [6, 6.07) is 0. The largest absolute Gasteiger partial charge is 0.544 e. The molecule has 4 N–H and O–H groups in total. The second-order valence-electron chi connectivity index (χ2n) is 17.7. The van der Waals surface area contributed by atoms with E-state index in [4.69, 9.17) is 47.5 Å². The van der Waals surface area contributed by atoms with E-state index in [1.165, 1.54) is 16.7 Å². The van der Waals surface area contributed by atoms with Gasteiger partial charge in [0.05, 0.1) is 48.8 Å². The lowest BCUT2D eigenvalue weighted by molar-refractivity contribution is -0.341. The zero-order valence-corrected chi connectivity index (χ0v) is 41.3. The van der Waals surface area contributed by atoms with Crippen LogP contribution in [0.2, 0.25) is 0 Å². The number of nitrogens with zero attached hydrogens (tertiary/aromatic N) is 6. The second kappa shape index (κ2) is 20.3. The first-order valence-corrected chi connectivity index (χ1v) is 26.3. The summed E-state index contributed by atoms with van der Waals surface area (Å²) in [6.07, 6.45) is -3.09. The standard InChI is InChI=1S/C22H24BN3O10S2.C18H20N4O10S2/c1-10-24-14(8-37-10)17(25-33-7-12-6-32-21(2,3)34-12)15(27)5-13-18(29)26-19(13)38(31)9-11-4-16(28)35-22(11,26)20(30)36-23;19-17-20-10(5-33-17)13(21-31-4-8(24)3-23)11(25)2-9-14(27)22-15(9)34(30)6-7-1-12(26)32-18(7,22)16(28)29/h8,11-13,19H,4-7,9H2,1-3H3;5,7-9,15,23-24H,1-4,6H2,(H2,19,20)(H,28,29)/p-1/b25-17-;21-13-/t11-,12-,13+,19+,22+,38-;7-,8-,9+,15+,18+,34-/m00/s1. The van der Waals surface area contributed by atoms with E-state index >= 15 is 0 Å². The smallest absolute Gasteiger partial charge is 0.378 e. The Hall–Kier alpha value is -5.64. The highest BCUT2D eigenvalue weighted by molar-refractivity contribution is 7.86. The molecular weight excluding hydrogens is 1040 g/mol. The number of oxime groups is 2. The molecule has 7 fully saturated rings. The Morgan fingerprint density at radius 3 is 1.92 bits per heavy atom. The van der Waals surface area contributed by atoms with Crippen LogP contribution in [0.4, 0.5) is 5.13 Å². The van der Waals surface area contributed by atoms with Crippen LogP contribution in [0.1, 0.15) is 55.9 Å². The van der Waals surface area contributed by atoms with Gasteiger partial charge in [-0.15, -0.1) is 22.7 Å². The Morgan fingerprint density at radius 1 is 0.903 bits per heavy atom. The average Bonchev–Trinajstić information content (AvgIpc) is 4.17. The summed E-state index contributed by atoms with van der Waals surface area (Å²) in [6.45, 7) is 4.57. The normalized spacial score (nSPS) is 32.5. The Kier molecular flexibility index (Phi) is 14.9. The lowest BCUT2D eigenvalue weighted by atomic mass is 9.84. The van der Waals surface area contributed by atoms with Gasteiger partial charge in [-0.1, -0.05) is 10.3 Å². The number of hydrogen-bond donors (Lipinski definition) is 3. The number of carbonyl (C=O) groups is 8. The third-order valence-electron chi connectivity index (χ3n) is 12.5. The van der Waals surface area contributed by atoms with Crippen LogP contribution in [-0.4, -0.2) is 183 Å². The van der Waals surface area contributed by atoms with Crippen molar-refractivity contribution in [1.29, 1.82) is 0 Å². The van der Waals surface area contributed by atoms with Gasteiger partial charge in [-0.3, -0.25) is 47.0 Å². The second-order valence-corrected chi connectivity index (χ2v) is 22.8. The van der Waals surface area contributed by atoms with Gasteiger partial charge in [-0.2, -0.15) is 0 Å². The number of nitrogens with two attached hydrogens (primary N) is 1. The van der Waals surface area contributed by atoms with Crippen LogP contribution in [0.3, 0.4) is 0 Å². The quantitative estimate of drug-likeness (QED) is 0.0447. The number of carboxylic acids is 1. The average molecular weight is 1080 g/mol. The molecule has 7 saturated heterocycles. The van der Waals surface area contributed by atoms with Crippen molar-refractivity contribution in [3.63, 3.8) is 0 Å². The number of ether oxygens (including phenoxy) is 4. The summed E-state index contributed by atoms with van der Waals surface area (Å²) >= 11 is 2.31. The summed E-state index contributed by atoms with van der Waals surface area (Å²) in [4.78, 5) is 121. The van der Waals surface area contributed by atoms with Crippen LogP contribution >= 0.6 is 22.7 Å². The van der Waals surface area contributed by atoms with Gasteiger partial charge < -0.3 is 59.1 Å². The van der Waals surface area contributed by atoms with Gasteiger partial charge in [-0.25, -0.2) is 14.8 Å². The predicted molar refractivity (Wildman–Crippen MR) is 241 cm³/mol. The molecule has 386 valence electrons.